The van der Waals surface area contributed by atoms with Gasteiger partial charge in [0.05, 0.1) is 7.11 Å². The minimum absolute atomic E-state index is 0.00200. The molecule has 30 heavy (non-hydrogen) atoms. The molecule has 1 aromatic heterocycles. The molecule has 160 valence electrons. The number of hydrogen-bond donors (Lipinski definition) is 0. The molecule has 1 aromatic carbocycles. The summed E-state index contributed by atoms with van der Waals surface area (Å²) in [6.07, 6.45) is 5.53. The summed E-state index contributed by atoms with van der Waals surface area (Å²) >= 11 is 0. The van der Waals surface area contributed by atoms with E-state index in [2.05, 4.69) is 14.8 Å². The molecule has 0 aliphatic carbocycles. The summed E-state index contributed by atoms with van der Waals surface area (Å²) in [5, 5.41) is 0. The second-order valence-electron chi connectivity index (χ2n) is 7.59. The fraction of sp³-hybridized carbons (Fsp3) is 0.500. The van der Waals surface area contributed by atoms with Crippen LogP contribution in [0, 0.1) is 0 Å². The molecule has 8 nitrogen and oxygen atoms in total. The van der Waals surface area contributed by atoms with Gasteiger partial charge in [-0.05, 0) is 49.6 Å². The quantitative estimate of drug-likeness (QED) is 0.722. The van der Waals surface area contributed by atoms with Crippen LogP contribution < -0.4 is 19.3 Å². The van der Waals surface area contributed by atoms with E-state index in [4.69, 9.17) is 14.5 Å². The summed E-state index contributed by atoms with van der Waals surface area (Å²) in [5.41, 5.74) is 0. The predicted octanol–water partition coefficient (Wildman–Crippen LogP) is 2.20. The van der Waals surface area contributed by atoms with Crippen molar-refractivity contribution in [2.45, 2.75) is 19.3 Å². The minimum Gasteiger partial charge on any atom is -0.497 e. The molecule has 2 saturated heterocycles. The van der Waals surface area contributed by atoms with Crippen molar-refractivity contribution in [3.63, 3.8) is 0 Å². The van der Waals surface area contributed by atoms with E-state index >= 15 is 0 Å². The summed E-state index contributed by atoms with van der Waals surface area (Å²) < 4.78 is 10.8. The van der Waals surface area contributed by atoms with Gasteiger partial charge in [0.15, 0.2) is 6.61 Å². The van der Waals surface area contributed by atoms with Gasteiger partial charge in [-0.1, -0.05) is 0 Å². The Morgan fingerprint density at radius 2 is 1.60 bits per heavy atom. The first-order valence-electron chi connectivity index (χ1n) is 10.6. The Morgan fingerprint density at radius 1 is 0.900 bits per heavy atom. The van der Waals surface area contributed by atoms with E-state index < -0.39 is 0 Å². The lowest BCUT2D eigenvalue weighted by Gasteiger charge is -2.35. The van der Waals surface area contributed by atoms with Crippen molar-refractivity contribution in [1.82, 2.24) is 14.9 Å². The highest BCUT2D eigenvalue weighted by atomic mass is 16.5. The van der Waals surface area contributed by atoms with Crippen LogP contribution in [-0.2, 0) is 4.79 Å². The van der Waals surface area contributed by atoms with Crippen LogP contribution >= 0.6 is 0 Å². The summed E-state index contributed by atoms with van der Waals surface area (Å²) in [6, 6.07) is 9.20. The maximum absolute atomic E-state index is 12.5. The number of rotatable bonds is 6. The van der Waals surface area contributed by atoms with Crippen molar-refractivity contribution in [3.8, 4) is 11.5 Å². The average Bonchev–Trinajstić information content (AvgIpc) is 2.83. The number of hydrogen-bond acceptors (Lipinski definition) is 7. The number of amides is 1. The lowest BCUT2D eigenvalue weighted by Crippen LogP contribution is -2.50. The molecule has 0 bridgehead atoms. The van der Waals surface area contributed by atoms with Gasteiger partial charge in [-0.3, -0.25) is 4.79 Å². The molecule has 0 atom stereocenters. The van der Waals surface area contributed by atoms with Crippen LogP contribution in [0.25, 0.3) is 0 Å². The summed E-state index contributed by atoms with van der Waals surface area (Å²) in [6.45, 7) is 4.93. The summed E-state index contributed by atoms with van der Waals surface area (Å²) in [4.78, 5) is 28.1. The number of aromatic nitrogens is 2. The first-order chi connectivity index (χ1) is 14.7. The first-order valence-corrected chi connectivity index (χ1v) is 10.6. The fourth-order valence-corrected chi connectivity index (χ4v) is 3.85. The smallest absolute Gasteiger partial charge is 0.260 e. The fourth-order valence-electron chi connectivity index (χ4n) is 3.85. The van der Waals surface area contributed by atoms with Gasteiger partial charge < -0.3 is 24.2 Å². The molecule has 8 heteroatoms. The molecule has 2 aromatic rings. The molecular weight excluding hydrogens is 382 g/mol. The standard InChI is InChI=1S/C22H29N5O3/c1-29-18-5-7-19(8-6-18)30-17-21(28)26-15-13-25(14-16-26)20-9-10-23-22(24-20)27-11-3-2-4-12-27/h5-10H,2-4,11-17H2,1H3. The number of piperazine rings is 1. The molecule has 1 amide bonds. The van der Waals surface area contributed by atoms with E-state index in [9.17, 15) is 4.79 Å². The highest BCUT2D eigenvalue weighted by molar-refractivity contribution is 5.78. The number of carbonyl (C=O) groups is 1. The molecule has 0 spiro atoms. The number of piperidine rings is 1. The Hall–Kier alpha value is -3.03. The molecule has 2 aliphatic heterocycles. The monoisotopic (exact) mass is 411 g/mol. The molecule has 0 N–H and O–H groups in total. The minimum atomic E-state index is 0.00200. The zero-order valence-corrected chi connectivity index (χ0v) is 17.5. The van der Waals surface area contributed by atoms with Crippen molar-refractivity contribution in [2.24, 2.45) is 0 Å². The zero-order valence-electron chi connectivity index (χ0n) is 17.5. The molecule has 4 rings (SSSR count). The molecular formula is C22H29N5O3. The summed E-state index contributed by atoms with van der Waals surface area (Å²) in [7, 11) is 1.62. The van der Waals surface area contributed by atoms with Gasteiger partial charge in [-0.25, -0.2) is 4.98 Å². The number of anilines is 2. The van der Waals surface area contributed by atoms with E-state index in [1.54, 1.807) is 19.2 Å². The third-order valence-corrected chi connectivity index (χ3v) is 5.65. The van der Waals surface area contributed by atoms with Crippen LogP contribution in [0.5, 0.6) is 11.5 Å². The van der Waals surface area contributed by atoms with Crippen LogP contribution in [0.3, 0.4) is 0 Å². The van der Waals surface area contributed by atoms with Gasteiger partial charge >= 0.3 is 0 Å². The van der Waals surface area contributed by atoms with Crippen LogP contribution in [0.1, 0.15) is 19.3 Å². The Bertz CT molecular complexity index is 831. The number of nitrogens with zero attached hydrogens (tertiary/aromatic N) is 5. The van der Waals surface area contributed by atoms with Gasteiger partial charge in [0.2, 0.25) is 5.95 Å². The number of carbonyl (C=O) groups excluding carboxylic acids is 1. The third kappa shape index (κ3) is 4.93. The lowest BCUT2D eigenvalue weighted by molar-refractivity contribution is -0.133. The molecule has 2 fully saturated rings. The highest BCUT2D eigenvalue weighted by Crippen LogP contribution is 2.20. The SMILES string of the molecule is COc1ccc(OCC(=O)N2CCN(c3ccnc(N4CCCCC4)n3)CC2)cc1. The van der Waals surface area contributed by atoms with Gasteiger partial charge in [0, 0.05) is 45.5 Å². The van der Waals surface area contributed by atoms with Crippen molar-refractivity contribution in [2.75, 3.05) is 62.8 Å². The Kier molecular flexibility index (Phi) is 6.51. The van der Waals surface area contributed by atoms with E-state index in [0.717, 1.165) is 43.7 Å². The first kappa shape index (κ1) is 20.3. The highest BCUT2D eigenvalue weighted by Gasteiger charge is 2.23. The molecule has 3 heterocycles. The maximum Gasteiger partial charge on any atom is 0.260 e. The Balaban J connectivity index is 1.27. The Labute approximate surface area is 177 Å². The second-order valence-corrected chi connectivity index (χ2v) is 7.59. The van der Waals surface area contributed by atoms with Gasteiger partial charge in [0.1, 0.15) is 17.3 Å². The zero-order chi connectivity index (χ0) is 20.8. The van der Waals surface area contributed by atoms with Crippen LogP contribution in [0.2, 0.25) is 0 Å². The second kappa shape index (κ2) is 9.65. The number of benzene rings is 1. The van der Waals surface area contributed by atoms with Crippen LogP contribution in [0.4, 0.5) is 11.8 Å². The largest absolute Gasteiger partial charge is 0.497 e. The third-order valence-electron chi connectivity index (χ3n) is 5.65. The van der Waals surface area contributed by atoms with Gasteiger partial charge in [-0.2, -0.15) is 4.98 Å². The maximum atomic E-state index is 12.5. The van der Waals surface area contributed by atoms with Crippen molar-refractivity contribution < 1.29 is 14.3 Å². The predicted molar refractivity (Wildman–Crippen MR) is 115 cm³/mol. The molecule has 0 unspecified atom stereocenters. The number of ether oxygens (including phenoxy) is 2. The van der Waals surface area contributed by atoms with Crippen molar-refractivity contribution >= 4 is 17.7 Å². The van der Waals surface area contributed by atoms with Gasteiger partial charge in [0.25, 0.3) is 5.91 Å². The van der Waals surface area contributed by atoms with Crippen LogP contribution in [-0.4, -0.2) is 73.8 Å². The van der Waals surface area contributed by atoms with Crippen molar-refractivity contribution in [1.29, 1.82) is 0 Å². The molecule has 0 saturated carbocycles. The molecule has 0 radical (unpaired) electrons. The summed E-state index contributed by atoms with van der Waals surface area (Å²) in [5.74, 6) is 3.18. The van der Waals surface area contributed by atoms with Crippen LogP contribution in [0.15, 0.2) is 36.5 Å². The van der Waals surface area contributed by atoms with E-state index in [1.807, 2.05) is 29.3 Å². The average molecular weight is 412 g/mol. The number of methoxy groups -OCH3 is 1. The van der Waals surface area contributed by atoms with Gasteiger partial charge in [-0.15, -0.1) is 0 Å². The van der Waals surface area contributed by atoms with E-state index in [0.29, 0.717) is 18.8 Å². The molecule has 2 aliphatic rings. The normalized spacial score (nSPS) is 17.0. The topological polar surface area (TPSA) is 71.0 Å². The Morgan fingerprint density at radius 3 is 2.30 bits per heavy atom. The van der Waals surface area contributed by atoms with E-state index in [-0.39, 0.29) is 12.5 Å². The lowest BCUT2D eigenvalue weighted by atomic mass is 10.1. The van der Waals surface area contributed by atoms with Crippen molar-refractivity contribution in [3.05, 3.63) is 36.5 Å². The van der Waals surface area contributed by atoms with E-state index in [1.165, 1.54) is 19.3 Å².